The highest BCUT2D eigenvalue weighted by Crippen LogP contribution is 2.53. The lowest BCUT2D eigenvalue weighted by molar-refractivity contribution is -0.138. The Morgan fingerprint density at radius 1 is 1.07 bits per heavy atom. The van der Waals surface area contributed by atoms with Crippen LogP contribution in [0.2, 0.25) is 0 Å². The van der Waals surface area contributed by atoms with Gasteiger partial charge < -0.3 is 15.8 Å². The van der Waals surface area contributed by atoms with Crippen molar-refractivity contribution < 1.29 is 37.1 Å². The van der Waals surface area contributed by atoms with Crippen LogP contribution in [0.3, 0.4) is 0 Å². The van der Waals surface area contributed by atoms with Crippen LogP contribution in [0.1, 0.15) is 21.9 Å². The molecule has 3 atom stereocenters. The van der Waals surface area contributed by atoms with Gasteiger partial charge in [0.15, 0.2) is 0 Å². The van der Waals surface area contributed by atoms with Gasteiger partial charge in [0.05, 0.1) is 23.6 Å². The van der Waals surface area contributed by atoms with Gasteiger partial charge >= 0.3 is 17.1 Å². The maximum Gasteiger partial charge on any atom is 0.416 e. The molecule has 2 aliphatic heterocycles. The van der Waals surface area contributed by atoms with Crippen molar-refractivity contribution in [2.45, 2.75) is 28.9 Å². The quantitative estimate of drug-likeness (QED) is 0.434. The van der Waals surface area contributed by atoms with Crippen molar-refractivity contribution in [1.29, 1.82) is 0 Å². The number of thioether (sulfide) groups is 1. The first kappa shape index (κ1) is 27.5. The number of imide groups is 3. The summed E-state index contributed by atoms with van der Waals surface area (Å²) < 4.78 is 45.5. The van der Waals surface area contributed by atoms with Crippen LogP contribution in [0.25, 0.3) is 0 Å². The normalized spacial score (nSPS) is 20.2. The summed E-state index contributed by atoms with van der Waals surface area (Å²) in [5.41, 5.74) is 4.80. The van der Waals surface area contributed by atoms with E-state index in [4.69, 9.17) is 10.5 Å². The summed E-state index contributed by atoms with van der Waals surface area (Å²) in [4.78, 5) is 64.4. The summed E-state index contributed by atoms with van der Waals surface area (Å²) >= 11 is 1.64. The number of carbonyl (C=O) groups is 4. The van der Waals surface area contributed by atoms with E-state index in [1.165, 1.54) is 13.2 Å². The first-order valence-electron chi connectivity index (χ1n) is 11.6. The Bertz CT molecular complexity index is 1600. The molecule has 1 aromatic heterocycles. The van der Waals surface area contributed by atoms with E-state index < -0.39 is 64.0 Å². The maximum atomic E-state index is 13.2. The number of rotatable bonds is 5. The van der Waals surface area contributed by atoms with Crippen LogP contribution in [0.15, 0.2) is 58.4 Å². The Balaban J connectivity index is 1.52. The lowest BCUT2D eigenvalue weighted by atomic mass is 9.83. The topological polar surface area (TPSA) is 141 Å². The number of anilines is 1. The van der Waals surface area contributed by atoms with E-state index >= 15 is 0 Å². The van der Waals surface area contributed by atoms with Crippen LogP contribution in [0.5, 0.6) is 5.75 Å². The molecule has 15 heteroatoms. The number of hydrogen-bond donors (Lipinski definition) is 2. The molecule has 1 saturated heterocycles. The highest BCUT2D eigenvalue weighted by molar-refractivity contribution is 8.00. The van der Waals surface area contributed by atoms with Gasteiger partial charge in [0.1, 0.15) is 17.5 Å². The van der Waals surface area contributed by atoms with Crippen molar-refractivity contribution in [2.75, 3.05) is 12.4 Å². The third-order valence-electron chi connectivity index (χ3n) is 6.52. The number of urea groups is 1. The number of ether oxygens (including phenoxy) is 1. The molecular weight excluding hydrogens is 573 g/mol. The second kappa shape index (κ2) is 10.1. The Hall–Kier alpha value is -4.11. The SMILES string of the molecule is COc1ccc([C@@H]2c3sc(=O)n(CC(=O)Nc4cccc(C(F)(F)F)c4)c3S[C@@H]3C(=O)N(C(N)=O)C(=O)[C@H]23)cc1. The highest BCUT2D eigenvalue weighted by Gasteiger charge is 2.57. The number of carbonyl (C=O) groups excluding carboxylic acids is 4. The molecule has 3 N–H and O–H groups in total. The summed E-state index contributed by atoms with van der Waals surface area (Å²) in [7, 11) is 1.47. The monoisotopic (exact) mass is 592 g/mol. The Morgan fingerprint density at radius 3 is 2.40 bits per heavy atom. The first-order valence-corrected chi connectivity index (χ1v) is 13.3. The molecule has 1 fully saturated rings. The number of fused-ring (bicyclic) bond motifs is 2. The zero-order valence-electron chi connectivity index (χ0n) is 20.4. The predicted molar refractivity (Wildman–Crippen MR) is 138 cm³/mol. The molecule has 5 rings (SSSR count). The van der Waals surface area contributed by atoms with E-state index in [9.17, 15) is 37.1 Å². The number of nitrogens with zero attached hydrogens (tertiary/aromatic N) is 2. The molecule has 3 aromatic rings. The van der Waals surface area contributed by atoms with Crippen molar-refractivity contribution in [3.05, 3.63) is 74.2 Å². The molecule has 5 amide bonds. The third-order valence-corrected chi connectivity index (χ3v) is 9.12. The summed E-state index contributed by atoms with van der Waals surface area (Å²) in [5, 5.41) is 1.49. The van der Waals surface area contributed by atoms with Crippen molar-refractivity contribution in [2.24, 2.45) is 11.7 Å². The van der Waals surface area contributed by atoms with Crippen LogP contribution < -0.4 is 20.7 Å². The first-order chi connectivity index (χ1) is 18.9. The molecule has 208 valence electrons. The average Bonchev–Trinajstić information content (AvgIpc) is 3.34. The lowest BCUT2D eigenvalue weighted by Crippen LogP contribution is -2.41. The molecule has 0 bridgehead atoms. The highest BCUT2D eigenvalue weighted by atomic mass is 32.2. The molecule has 0 unspecified atom stereocenters. The van der Waals surface area contributed by atoms with Crippen molar-refractivity contribution in [3.63, 3.8) is 0 Å². The zero-order valence-corrected chi connectivity index (χ0v) is 22.1. The summed E-state index contributed by atoms with van der Waals surface area (Å²) in [5.74, 6) is -3.75. The number of halogens is 3. The standard InChI is InChI=1S/C25H19F3N4O6S2/c1-38-14-7-5-11(6-8-14)16-17-18(21(35)32(20(17)34)23(29)36)39-22-19(16)40-24(37)31(22)10-15(33)30-13-4-2-3-12(9-13)25(26,27)28/h2-9,16-18H,10H2,1H3,(H2,29,36)(H,30,33)/t16-,17+,18-/m0/s1. The Labute approximate surface area is 231 Å². The van der Waals surface area contributed by atoms with Gasteiger partial charge in [0.2, 0.25) is 11.8 Å². The summed E-state index contributed by atoms with van der Waals surface area (Å²) in [6, 6.07) is 9.43. The fraction of sp³-hybridized carbons (Fsp3) is 0.240. The van der Waals surface area contributed by atoms with Crippen molar-refractivity contribution >= 4 is 52.5 Å². The van der Waals surface area contributed by atoms with Crippen LogP contribution >= 0.6 is 23.1 Å². The van der Waals surface area contributed by atoms with Gasteiger partial charge in [0, 0.05) is 16.5 Å². The smallest absolute Gasteiger partial charge is 0.416 e. The van der Waals surface area contributed by atoms with E-state index in [0.29, 0.717) is 21.1 Å². The number of aromatic nitrogens is 1. The molecule has 0 aliphatic carbocycles. The van der Waals surface area contributed by atoms with E-state index in [-0.39, 0.29) is 10.7 Å². The maximum absolute atomic E-state index is 13.2. The second-order valence-electron chi connectivity index (χ2n) is 8.92. The van der Waals surface area contributed by atoms with E-state index in [1.54, 1.807) is 24.3 Å². The molecule has 40 heavy (non-hydrogen) atoms. The van der Waals surface area contributed by atoms with E-state index in [2.05, 4.69) is 5.32 Å². The molecule has 2 aliphatic rings. The Kier molecular flexibility index (Phi) is 6.95. The number of alkyl halides is 3. The Morgan fingerprint density at radius 2 is 1.77 bits per heavy atom. The molecule has 2 aromatic carbocycles. The van der Waals surface area contributed by atoms with Gasteiger partial charge in [-0.1, -0.05) is 41.3 Å². The van der Waals surface area contributed by atoms with Crippen LogP contribution in [0, 0.1) is 5.92 Å². The lowest BCUT2D eigenvalue weighted by Gasteiger charge is -2.30. The molecule has 0 spiro atoms. The molecule has 10 nitrogen and oxygen atoms in total. The summed E-state index contributed by atoms with van der Waals surface area (Å²) in [6.07, 6.45) is -4.61. The number of hydrogen-bond acceptors (Lipinski definition) is 8. The fourth-order valence-corrected chi connectivity index (χ4v) is 7.53. The number of nitrogens with two attached hydrogens (primary N) is 1. The minimum Gasteiger partial charge on any atom is -0.497 e. The average molecular weight is 593 g/mol. The molecule has 3 heterocycles. The van der Waals surface area contributed by atoms with Crippen LogP contribution in [-0.4, -0.2) is 45.6 Å². The minimum absolute atomic E-state index is 0.116. The molecule has 0 saturated carbocycles. The number of primary amides is 1. The number of likely N-dealkylation sites (tertiary alicyclic amines) is 1. The number of nitrogens with one attached hydrogen (secondary N) is 1. The van der Waals surface area contributed by atoms with Crippen LogP contribution in [0.4, 0.5) is 23.7 Å². The summed E-state index contributed by atoms with van der Waals surface area (Å²) in [6.45, 7) is -0.567. The molecular formula is C25H19F3N4O6S2. The van der Waals surface area contributed by atoms with Gasteiger partial charge in [0.25, 0.3) is 5.91 Å². The van der Waals surface area contributed by atoms with Gasteiger partial charge in [-0.3, -0.25) is 23.7 Å². The molecule has 0 radical (unpaired) electrons. The van der Waals surface area contributed by atoms with Gasteiger partial charge in [-0.05, 0) is 35.9 Å². The van der Waals surface area contributed by atoms with Crippen LogP contribution in [-0.2, 0) is 27.1 Å². The van der Waals surface area contributed by atoms with Gasteiger partial charge in [-0.25, -0.2) is 4.79 Å². The van der Waals surface area contributed by atoms with Crippen molar-refractivity contribution in [1.82, 2.24) is 9.47 Å². The zero-order chi connectivity index (χ0) is 28.9. The number of amides is 5. The largest absolute Gasteiger partial charge is 0.497 e. The second-order valence-corrected chi connectivity index (χ2v) is 11.0. The van der Waals surface area contributed by atoms with E-state index in [1.807, 2.05) is 0 Å². The predicted octanol–water partition coefficient (Wildman–Crippen LogP) is 3.25. The van der Waals surface area contributed by atoms with Crippen molar-refractivity contribution in [3.8, 4) is 5.75 Å². The fourth-order valence-electron chi connectivity index (χ4n) is 4.76. The van der Waals surface area contributed by atoms with Gasteiger partial charge in [-0.15, -0.1) is 0 Å². The number of thiazole rings is 1. The number of benzene rings is 2. The van der Waals surface area contributed by atoms with E-state index in [0.717, 1.165) is 45.9 Å². The number of methoxy groups -OCH3 is 1. The third kappa shape index (κ3) is 4.75. The van der Waals surface area contributed by atoms with Gasteiger partial charge in [-0.2, -0.15) is 18.1 Å². The minimum atomic E-state index is -4.61.